The third kappa shape index (κ3) is 4.49. The molecule has 1 N–H and O–H groups in total. The molecule has 1 saturated heterocycles. The number of carbonyl (C=O) groups is 1. The minimum absolute atomic E-state index is 0.156. The number of methoxy groups -OCH3 is 1. The Morgan fingerprint density at radius 3 is 2.65 bits per heavy atom. The SMILES string of the molecule is COc1cccc2c(C(=O)NC(C)c3ccc4ccccc4c3)nn(CCN3CCOCC3)c12. The highest BCUT2D eigenvalue weighted by atomic mass is 16.5. The topological polar surface area (TPSA) is 68.6 Å². The lowest BCUT2D eigenvalue weighted by atomic mass is 10.0. The first kappa shape index (κ1) is 22.4. The van der Waals surface area contributed by atoms with Gasteiger partial charge in [0.05, 0.1) is 32.9 Å². The van der Waals surface area contributed by atoms with E-state index >= 15 is 0 Å². The fraction of sp³-hybridized carbons (Fsp3) is 0.333. The number of ether oxygens (including phenoxy) is 2. The molecular formula is C27H30N4O3. The third-order valence-corrected chi connectivity index (χ3v) is 6.52. The maximum absolute atomic E-state index is 13.4. The van der Waals surface area contributed by atoms with E-state index in [1.165, 1.54) is 5.39 Å². The summed E-state index contributed by atoms with van der Waals surface area (Å²) in [6.45, 7) is 6.84. The molecule has 1 atom stereocenters. The monoisotopic (exact) mass is 458 g/mol. The van der Waals surface area contributed by atoms with Gasteiger partial charge in [-0.2, -0.15) is 5.10 Å². The molecule has 0 saturated carbocycles. The van der Waals surface area contributed by atoms with Crippen LogP contribution in [-0.2, 0) is 11.3 Å². The van der Waals surface area contributed by atoms with Gasteiger partial charge in [0.25, 0.3) is 5.91 Å². The van der Waals surface area contributed by atoms with E-state index in [-0.39, 0.29) is 11.9 Å². The van der Waals surface area contributed by atoms with E-state index in [0.717, 1.165) is 54.7 Å². The number of amides is 1. The van der Waals surface area contributed by atoms with Crippen LogP contribution in [0.15, 0.2) is 60.7 Å². The first-order chi connectivity index (χ1) is 16.6. The highest BCUT2D eigenvalue weighted by Gasteiger charge is 2.22. The van der Waals surface area contributed by atoms with Crippen molar-refractivity contribution >= 4 is 27.6 Å². The maximum Gasteiger partial charge on any atom is 0.272 e. The number of rotatable bonds is 7. The maximum atomic E-state index is 13.4. The third-order valence-electron chi connectivity index (χ3n) is 6.52. The van der Waals surface area contributed by atoms with Crippen molar-refractivity contribution < 1.29 is 14.3 Å². The number of aromatic nitrogens is 2. The zero-order valence-corrected chi connectivity index (χ0v) is 19.7. The summed E-state index contributed by atoms with van der Waals surface area (Å²) < 4.78 is 13.0. The molecule has 0 bridgehead atoms. The molecule has 0 spiro atoms. The Labute approximate surface area is 199 Å². The van der Waals surface area contributed by atoms with Crippen LogP contribution in [0.2, 0.25) is 0 Å². The first-order valence-corrected chi connectivity index (χ1v) is 11.8. The van der Waals surface area contributed by atoms with Gasteiger partial charge in [-0.3, -0.25) is 14.4 Å². The van der Waals surface area contributed by atoms with Crippen LogP contribution in [0, 0.1) is 0 Å². The molecule has 1 aliphatic heterocycles. The zero-order valence-electron chi connectivity index (χ0n) is 19.7. The second-order valence-electron chi connectivity index (χ2n) is 8.68. The van der Waals surface area contributed by atoms with Crippen LogP contribution in [0.4, 0.5) is 0 Å². The van der Waals surface area contributed by atoms with Gasteiger partial charge in [-0.05, 0) is 35.4 Å². The van der Waals surface area contributed by atoms with Crippen LogP contribution < -0.4 is 10.1 Å². The molecule has 1 amide bonds. The smallest absolute Gasteiger partial charge is 0.272 e. The van der Waals surface area contributed by atoms with Gasteiger partial charge in [0.1, 0.15) is 11.3 Å². The summed E-state index contributed by atoms with van der Waals surface area (Å²) in [6.07, 6.45) is 0. The molecule has 4 aromatic rings. The molecule has 1 aromatic heterocycles. The average molecular weight is 459 g/mol. The van der Waals surface area contributed by atoms with Crippen molar-refractivity contribution in [2.75, 3.05) is 40.0 Å². The van der Waals surface area contributed by atoms with Gasteiger partial charge in [0.2, 0.25) is 0 Å². The number of hydrogen-bond acceptors (Lipinski definition) is 5. The van der Waals surface area contributed by atoms with E-state index in [1.807, 2.05) is 41.9 Å². The fourth-order valence-electron chi connectivity index (χ4n) is 4.58. The van der Waals surface area contributed by atoms with Crippen LogP contribution in [0.3, 0.4) is 0 Å². The number of fused-ring (bicyclic) bond motifs is 2. The molecule has 1 fully saturated rings. The van der Waals surface area contributed by atoms with Crippen LogP contribution in [0.5, 0.6) is 5.75 Å². The highest BCUT2D eigenvalue weighted by Crippen LogP contribution is 2.29. The minimum atomic E-state index is -0.191. The lowest BCUT2D eigenvalue weighted by molar-refractivity contribution is 0.0361. The number of para-hydroxylation sites is 1. The van der Waals surface area contributed by atoms with E-state index in [2.05, 4.69) is 40.5 Å². The molecule has 34 heavy (non-hydrogen) atoms. The fourth-order valence-corrected chi connectivity index (χ4v) is 4.58. The summed E-state index contributed by atoms with van der Waals surface area (Å²) in [5.74, 6) is 0.526. The normalized spacial score (nSPS) is 15.5. The van der Waals surface area contributed by atoms with E-state index < -0.39 is 0 Å². The Morgan fingerprint density at radius 2 is 1.85 bits per heavy atom. The molecule has 5 rings (SSSR count). The van der Waals surface area contributed by atoms with Gasteiger partial charge in [0.15, 0.2) is 5.69 Å². The Hall–Kier alpha value is -3.42. The Morgan fingerprint density at radius 1 is 1.06 bits per heavy atom. The Bertz CT molecular complexity index is 1310. The van der Waals surface area contributed by atoms with Crippen molar-refractivity contribution in [1.29, 1.82) is 0 Å². The number of benzene rings is 3. The highest BCUT2D eigenvalue weighted by molar-refractivity contribution is 6.06. The van der Waals surface area contributed by atoms with Gasteiger partial charge in [-0.25, -0.2) is 0 Å². The molecule has 1 aliphatic rings. The molecule has 7 nitrogen and oxygen atoms in total. The van der Waals surface area contributed by atoms with Crippen molar-refractivity contribution in [3.63, 3.8) is 0 Å². The molecule has 0 radical (unpaired) electrons. The van der Waals surface area contributed by atoms with E-state index in [1.54, 1.807) is 7.11 Å². The van der Waals surface area contributed by atoms with Gasteiger partial charge in [-0.1, -0.05) is 48.5 Å². The van der Waals surface area contributed by atoms with Gasteiger partial charge >= 0.3 is 0 Å². The van der Waals surface area contributed by atoms with Gasteiger partial charge < -0.3 is 14.8 Å². The second kappa shape index (κ2) is 9.83. The quantitative estimate of drug-likeness (QED) is 0.453. The van der Waals surface area contributed by atoms with Crippen LogP contribution in [0.1, 0.15) is 29.0 Å². The minimum Gasteiger partial charge on any atom is -0.494 e. The lowest BCUT2D eigenvalue weighted by Crippen LogP contribution is -2.38. The van der Waals surface area contributed by atoms with Gasteiger partial charge in [0, 0.05) is 25.0 Å². The number of carbonyl (C=O) groups excluding carboxylic acids is 1. The number of morpholine rings is 1. The first-order valence-electron chi connectivity index (χ1n) is 11.8. The second-order valence-corrected chi connectivity index (χ2v) is 8.68. The summed E-state index contributed by atoms with van der Waals surface area (Å²) in [6, 6.07) is 20.1. The molecule has 2 heterocycles. The molecule has 1 unspecified atom stereocenters. The van der Waals surface area contributed by atoms with Crippen molar-refractivity contribution in [3.8, 4) is 5.75 Å². The molecule has 176 valence electrons. The van der Waals surface area contributed by atoms with Crippen molar-refractivity contribution in [2.45, 2.75) is 19.5 Å². The number of nitrogens with zero attached hydrogens (tertiary/aromatic N) is 3. The summed E-state index contributed by atoms with van der Waals surface area (Å²) in [4.78, 5) is 15.7. The summed E-state index contributed by atoms with van der Waals surface area (Å²) in [5, 5.41) is 11.0. The predicted octanol–water partition coefficient (Wildman–Crippen LogP) is 4.02. The van der Waals surface area contributed by atoms with Crippen LogP contribution >= 0.6 is 0 Å². The molecular weight excluding hydrogens is 428 g/mol. The van der Waals surface area contributed by atoms with E-state index in [4.69, 9.17) is 14.6 Å². The standard InChI is InChI=1S/C27H30N4O3/c1-19(21-11-10-20-6-3-4-7-22(20)18-21)28-27(32)25-23-8-5-9-24(33-2)26(23)31(29-25)13-12-30-14-16-34-17-15-30/h3-11,18-19H,12-17H2,1-2H3,(H,28,32). The van der Waals surface area contributed by atoms with Crippen LogP contribution in [-0.4, -0.2) is 60.5 Å². The summed E-state index contributed by atoms with van der Waals surface area (Å²) in [5.41, 5.74) is 2.32. The van der Waals surface area contributed by atoms with Gasteiger partial charge in [-0.15, -0.1) is 0 Å². The number of hydrogen-bond donors (Lipinski definition) is 1. The largest absolute Gasteiger partial charge is 0.494 e. The summed E-state index contributed by atoms with van der Waals surface area (Å²) in [7, 11) is 1.65. The average Bonchev–Trinajstić information content (AvgIpc) is 3.27. The van der Waals surface area contributed by atoms with Crippen molar-refractivity contribution in [1.82, 2.24) is 20.0 Å². The lowest BCUT2D eigenvalue weighted by Gasteiger charge is -2.26. The molecule has 0 aliphatic carbocycles. The molecule has 3 aromatic carbocycles. The van der Waals surface area contributed by atoms with Crippen molar-refractivity contribution in [3.05, 3.63) is 71.9 Å². The number of nitrogens with one attached hydrogen (secondary N) is 1. The summed E-state index contributed by atoms with van der Waals surface area (Å²) >= 11 is 0. The molecule has 7 heteroatoms. The zero-order chi connectivity index (χ0) is 23.5. The Kier molecular flexibility index (Phi) is 6.47. The Balaban J connectivity index is 1.40. The van der Waals surface area contributed by atoms with E-state index in [9.17, 15) is 4.79 Å². The predicted molar refractivity (Wildman–Crippen MR) is 133 cm³/mol. The van der Waals surface area contributed by atoms with Crippen molar-refractivity contribution in [2.24, 2.45) is 0 Å². The van der Waals surface area contributed by atoms with Crippen LogP contribution in [0.25, 0.3) is 21.7 Å². The van der Waals surface area contributed by atoms with E-state index in [0.29, 0.717) is 18.0 Å².